The fourth-order valence-electron chi connectivity index (χ4n) is 3.35. The summed E-state index contributed by atoms with van der Waals surface area (Å²) in [5.74, 6) is 0.158. The Kier molecular flexibility index (Phi) is 7.51. The van der Waals surface area contributed by atoms with Crippen molar-refractivity contribution < 1.29 is 9.90 Å². The first-order valence-corrected chi connectivity index (χ1v) is 11.4. The Hall–Kier alpha value is -2.64. The number of aliphatic hydroxyl groups is 1. The Morgan fingerprint density at radius 2 is 1.77 bits per heavy atom. The van der Waals surface area contributed by atoms with E-state index in [1.807, 2.05) is 68.1 Å². The second-order valence-electron chi connectivity index (χ2n) is 8.37. The molecule has 0 aliphatic carbocycles. The van der Waals surface area contributed by atoms with Crippen LogP contribution in [-0.4, -0.2) is 43.4 Å². The van der Waals surface area contributed by atoms with Crippen molar-refractivity contribution in [2.45, 2.75) is 51.0 Å². The molecule has 0 bridgehead atoms. The average molecular weight is 440 g/mol. The molecule has 0 spiro atoms. The summed E-state index contributed by atoms with van der Waals surface area (Å²) in [7, 11) is 0. The van der Waals surface area contributed by atoms with Crippen molar-refractivity contribution in [2.75, 3.05) is 12.4 Å². The molecule has 2 aromatic carbocycles. The molecule has 0 aliphatic heterocycles. The van der Waals surface area contributed by atoms with Gasteiger partial charge in [-0.3, -0.25) is 14.2 Å². The average Bonchev–Trinajstić information content (AvgIpc) is 2.75. The third-order valence-electron chi connectivity index (χ3n) is 4.99. The number of para-hydroxylation sites is 1. The maximum atomic E-state index is 13.2. The van der Waals surface area contributed by atoms with Crippen molar-refractivity contribution in [3.63, 3.8) is 0 Å². The highest BCUT2D eigenvalue weighted by Gasteiger charge is 2.27. The van der Waals surface area contributed by atoms with Gasteiger partial charge in [-0.1, -0.05) is 54.2 Å². The van der Waals surface area contributed by atoms with Crippen molar-refractivity contribution >= 4 is 28.6 Å². The van der Waals surface area contributed by atoms with Crippen LogP contribution in [0.1, 0.15) is 32.8 Å². The van der Waals surface area contributed by atoms with E-state index in [2.05, 4.69) is 4.98 Å². The van der Waals surface area contributed by atoms with E-state index in [4.69, 9.17) is 0 Å². The summed E-state index contributed by atoms with van der Waals surface area (Å²) >= 11 is 1.27. The Morgan fingerprint density at radius 3 is 2.45 bits per heavy atom. The molecular weight excluding hydrogens is 410 g/mol. The maximum absolute atomic E-state index is 13.2. The minimum absolute atomic E-state index is 0.0162. The van der Waals surface area contributed by atoms with Crippen LogP contribution in [0.4, 0.5) is 0 Å². The van der Waals surface area contributed by atoms with E-state index in [1.54, 1.807) is 16.7 Å². The van der Waals surface area contributed by atoms with E-state index in [9.17, 15) is 14.7 Å². The molecule has 1 aromatic heterocycles. The Morgan fingerprint density at radius 1 is 1.10 bits per heavy atom. The van der Waals surface area contributed by atoms with Crippen molar-refractivity contribution in [2.24, 2.45) is 0 Å². The van der Waals surface area contributed by atoms with Gasteiger partial charge in [0.15, 0.2) is 5.16 Å². The van der Waals surface area contributed by atoms with Crippen LogP contribution in [-0.2, 0) is 17.9 Å². The zero-order valence-electron chi connectivity index (χ0n) is 18.2. The molecule has 0 unspecified atom stereocenters. The molecule has 7 heteroatoms. The molecule has 1 amide bonds. The number of hydrogen-bond acceptors (Lipinski definition) is 5. The molecule has 3 rings (SSSR count). The fourth-order valence-corrected chi connectivity index (χ4v) is 4.25. The molecule has 6 nitrogen and oxygen atoms in total. The molecule has 164 valence electrons. The van der Waals surface area contributed by atoms with Crippen LogP contribution in [0.25, 0.3) is 10.9 Å². The van der Waals surface area contributed by atoms with Crippen molar-refractivity contribution in [1.29, 1.82) is 0 Å². The number of thioether (sulfide) groups is 1. The van der Waals surface area contributed by atoms with Gasteiger partial charge in [0, 0.05) is 25.2 Å². The van der Waals surface area contributed by atoms with Gasteiger partial charge in [-0.15, -0.1) is 0 Å². The molecule has 0 radical (unpaired) electrons. The largest absolute Gasteiger partial charge is 0.396 e. The van der Waals surface area contributed by atoms with Crippen molar-refractivity contribution in [1.82, 2.24) is 14.5 Å². The summed E-state index contributed by atoms with van der Waals surface area (Å²) in [6.45, 7) is 6.91. The summed E-state index contributed by atoms with van der Waals surface area (Å²) in [6, 6.07) is 17.1. The highest BCUT2D eigenvalue weighted by Crippen LogP contribution is 2.23. The van der Waals surface area contributed by atoms with Crippen LogP contribution in [0.5, 0.6) is 0 Å². The molecule has 1 heterocycles. The van der Waals surface area contributed by atoms with Gasteiger partial charge in [0.1, 0.15) is 0 Å². The van der Waals surface area contributed by atoms with Gasteiger partial charge >= 0.3 is 0 Å². The molecule has 3 aromatic rings. The molecule has 1 N–H and O–H groups in total. The van der Waals surface area contributed by atoms with Crippen molar-refractivity contribution in [3.05, 3.63) is 70.5 Å². The van der Waals surface area contributed by atoms with Crippen LogP contribution in [0.3, 0.4) is 0 Å². The minimum Gasteiger partial charge on any atom is -0.396 e. The van der Waals surface area contributed by atoms with Crippen molar-refractivity contribution in [3.8, 4) is 0 Å². The van der Waals surface area contributed by atoms with Crippen LogP contribution < -0.4 is 5.56 Å². The molecule has 0 aliphatic rings. The number of fused-ring (bicyclic) bond motifs is 1. The van der Waals surface area contributed by atoms with Gasteiger partial charge in [0.25, 0.3) is 5.56 Å². The van der Waals surface area contributed by atoms with Crippen LogP contribution in [0.2, 0.25) is 0 Å². The monoisotopic (exact) mass is 439 g/mol. The topological polar surface area (TPSA) is 75.4 Å². The van der Waals surface area contributed by atoms with Gasteiger partial charge in [0.05, 0.1) is 16.7 Å². The van der Waals surface area contributed by atoms with Gasteiger partial charge in [-0.2, -0.15) is 0 Å². The SMILES string of the molecule is CC(C)(C)N(Cc1ccccc1)C(=O)CSc1nc2ccccc2c(=O)n1CCCO. The molecule has 0 atom stereocenters. The third-order valence-corrected chi connectivity index (χ3v) is 5.95. The lowest BCUT2D eigenvalue weighted by atomic mass is 10.0. The summed E-state index contributed by atoms with van der Waals surface area (Å²) in [5.41, 5.74) is 1.19. The smallest absolute Gasteiger partial charge is 0.262 e. The quantitative estimate of drug-likeness (QED) is 0.428. The van der Waals surface area contributed by atoms with Gasteiger partial charge < -0.3 is 10.0 Å². The van der Waals surface area contributed by atoms with Crippen LogP contribution >= 0.6 is 11.8 Å². The molecular formula is C24H29N3O3S. The maximum Gasteiger partial charge on any atom is 0.262 e. The van der Waals surface area contributed by atoms with E-state index in [0.717, 1.165) is 5.56 Å². The van der Waals surface area contributed by atoms with Gasteiger partial charge in [-0.05, 0) is 44.9 Å². The summed E-state index contributed by atoms with van der Waals surface area (Å²) in [4.78, 5) is 32.7. The number of aromatic nitrogens is 2. The zero-order chi connectivity index (χ0) is 22.4. The lowest BCUT2D eigenvalue weighted by Gasteiger charge is -2.36. The van der Waals surface area contributed by atoms with E-state index in [0.29, 0.717) is 35.6 Å². The normalized spacial score (nSPS) is 11.6. The van der Waals surface area contributed by atoms with E-state index in [1.165, 1.54) is 11.8 Å². The predicted molar refractivity (Wildman–Crippen MR) is 125 cm³/mol. The first kappa shape index (κ1) is 23.0. The highest BCUT2D eigenvalue weighted by atomic mass is 32.2. The highest BCUT2D eigenvalue weighted by molar-refractivity contribution is 7.99. The minimum atomic E-state index is -0.346. The Labute approximate surface area is 186 Å². The molecule has 31 heavy (non-hydrogen) atoms. The molecule has 0 fully saturated rings. The second-order valence-corrected chi connectivity index (χ2v) is 9.31. The Bertz CT molecular complexity index is 1090. The first-order chi connectivity index (χ1) is 14.8. The number of amides is 1. The standard InChI is InChI=1S/C24H29N3O3S/c1-24(2,3)27(16-18-10-5-4-6-11-18)21(29)17-31-23-25-20-13-8-7-12-19(20)22(30)26(23)14-9-15-28/h4-8,10-13,28H,9,14-17H2,1-3H3. The lowest BCUT2D eigenvalue weighted by molar-refractivity contribution is -0.133. The predicted octanol–water partition coefficient (Wildman–Crippen LogP) is 3.70. The number of rotatable bonds is 8. The number of carbonyl (C=O) groups excluding carboxylic acids is 1. The van der Waals surface area contributed by atoms with E-state index in [-0.39, 0.29) is 29.4 Å². The molecule has 0 saturated heterocycles. The van der Waals surface area contributed by atoms with Gasteiger partial charge in [0.2, 0.25) is 5.91 Å². The molecule has 0 saturated carbocycles. The second kappa shape index (κ2) is 10.1. The third kappa shape index (κ3) is 5.74. The van der Waals surface area contributed by atoms with Crippen LogP contribution in [0, 0.1) is 0 Å². The number of nitrogens with zero attached hydrogens (tertiary/aromatic N) is 3. The zero-order valence-corrected chi connectivity index (χ0v) is 19.1. The van der Waals surface area contributed by atoms with E-state index < -0.39 is 0 Å². The van der Waals surface area contributed by atoms with E-state index >= 15 is 0 Å². The Balaban J connectivity index is 1.85. The lowest BCUT2D eigenvalue weighted by Crippen LogP contribution is -2.46. The van der Waals surface area contributed by atoms with Crippen LogP contribution in [0.15, 0.2) is 64.5 Å². The number of carbonyl (C=O) groups is 1. The summed E-state index contributed by atoms with van der Waals surface area (Å²) in [5, 5.41) is 10.3. The fraction of sp³-hybridized carbons (Fsp3) is 0.375. The number of benzene rings is 2. The van der Waals surface area contributed by atoms with Gasteiger partial charge in [-0.25, -0.2) is 4.98 Å². The number of aliphatic hydroxyl groups excluding tert-OH is 1. The number of hydrogen-bond donors (Lipinski definition) is 1. The first-order valence-electron chi connectivity index (χ1n) is 10.4. The summed E-state index contributed by atoms with van der Waals surface area (Å²) < 4.78 is 1.56. The summed E-state index contributed by atoms with van der Waals surface area (Å²) in [6.07, 6.45) is 0.448.